The Kier molecular flexibility index (Phi) is 6.32. The molecule has 2 aromatic rings. The van der Waals surface area contributed by atoms with Gasteiger partial charge in [-0.05, 0) is 146 Å². The first kappa shape index (κ1) is 25.0. The summed E-state index contributed by atoms with van der Waals surface area (Å²) < 4.78 is 0. The van der Waals surface area contributed by atoms with Crippen molar-refractivity contribution >= 4 is 0 Å². The number of rotatable bonds is 4. The van der Waals surface area contributed by atoms with Gasteiger partial charge in [0, 0.05) is 5.41 Å². The first-order valence-corrected chi connectivity index (χ1v) is 16.2. The Morgan fingerprint density at radius 2 is 1.11 bits per heavy atom. The van der Waals surface area contributed by atoms with Gasteiger partial charge in [0.1, 0.15) is 11.5 Å². The number of benzene rings is 2. The van der Waals surface area contributed by atoms with E-state index in [1.807, 2.05) is 0 Å². The van der Waals surface area contributed by atoms with Gasteiger partial charge < -0.3 is 10.2 Å². The van der Waals surface area contributed by atoms with E-state index in [1.165, 1.54) is 130 Å². The fourth-order valence-electron chi connectivity index (χ4n) is 10.8. The lowest BCUT2D eigenvalue weighted by Crippen LogP contribution is -2.41. The maximum Gasteiger partial charge on any atom is 0.119 e. The number of phenols is 2. The van der Waals surface area contributed by atoms with Crippen LogP contribution in [-0.2, 0) is 5.41 Å². The maximum atomic E-state index is 11.2. The molecule has 0 spiro atoms. The second-order valence-corrected chi connectivity index (χ2v) is 14.2. The summed E-state index contributed by atoms with van der Waals surface area (Å²) in [6, 6.07) is 9.24. The third-order valence-corrected chi connectivity index (χ3v) is 12.3. The molecule has 204 valence electrons. The predicted molar refractivity (Wildman–Crippen MR) is 155 cm³/mol. The second kappa shape index (κ2) is 9.60. The average molecular weight is 513 g/mol. The molecule has 0 aromatic heterocycles. The lowest BCUT2D eigenvalue weighted by atomic mass is 9.57. The predicted octanol–water partition coefficient (Wildman–Crippen LogP) is 9.55. The molecule has 2 heteroatoms. The first-order valence-electron chi connectivity index (χ1n) is 16.2. The Hall–Kier alpha value is -1.96. The molecular weight excluding hydrogens is 464 g/mol. The molecule has 0 amide bonds. The maximum absolute atomic E-state index is 11.2. The second-order valence-electron chi connectivity index (χ2n) is 14.2. The zero-order valence-electron chi connectivity index (χ0n) is 23.8. The van der Waals surface area contributed by atoms with Crippen molar-refractivity contribution in [1.82, 2.24) is 0 Å². The van der Waals surface area contributed by atoms with Crippen LogP contribution in [0.15, 0.2) is 24.3 Å². The number of hydrogen-bond donors (Lipinski definition) is 2. The lowest BCUT2D eigenvalue weighted by Gasteiger charge is -2.46. The fourth-order valence-corrected chi connectivity index (χ4v) is 10.8. The monoisotopic (exact) mass is 512 g/mol. The van der Waals surface area contributed by atoms with Crippen LogP contribution < -0.4 is 0 Å². The van der Waals surface area contributed by atoms with E-state index in [2.05, 4.69) is 38.1 Å². The Labute approximate surface area is 230 Å². The smallest absolute Gasteiger partial charge is 0.119 e. The molecule has 0 radical (unpaired) electrons. The van der Waals surface area contributed by atoms with Crippen LogP contribution in [0.4, 0.5) is 0 Å². The number of aryl methyl sites for hydroxylation is 2. The third kappa shape index (κ3) is 3.79. The molecule has 5 fully saturated rings. The fraction of sp³-hybridized carbons (Fsp3) is 0.667. The zero-order valence-corrected chi connectivity index (χ0v) is 23.8. The molecular formula is C36H48O2. The minimum absolute atomic E-state index is 0.0125. The van der Waals surface area contributed by atoms with Gasteiger partial charge in [-0.3, -0.25) is 0 Å². The molecule has 7 rings (SSSR count). The minimum atomic E-state index is 0.0125. The molecule has 5 aliphatic carbocycles. The highest BCUT2D eigenvalue weighted by Gasteiger charge is 2.62. The van der Waals surface area contributed by atoms with E-state index in [0.717, 1.165) is 17.8 Å². The highest BCUT2D eigenvalue weighted by atomic mass is 16.3. The van der Waals surface area contributed by atoms with Crippen molar-refractivity contribution in [2.75, 3.05) is 0 Å². The quantitative estimate of drug-likeness (QED) is 0.428. The van der Waals surface area contributed by atoms with Crippen molar-refractivity contribution in [3.63, 3.8) is 0 Å². The summed E-state index contributed by atoms with van der Waals surface area (Å²) in [4.78, 5) is 0. The van der Waals surface area contributed by atoms with Gasteiger partial charge in [-0.25, -0.2) is 0 Å². The molecule has 0 heterocycles. The van der Waals surface area contributed by atoms with Gasteiger partial charge in [-0.2, -0.15) is 0 Å². The average Bonchev–Trinajstić information content (AvgIpc) is 3.63. The summed E-state index contributed by atoms with van der Waals surface area (Å²) in [6.45, 7) is 4.52. The summed E-state index contributed by atoms with van der Waals surface area (Å²) in [5.41, 5.74) is 8.03. The summed E-state index contributed by atoms with van der Waals surface area (Å²) in [6.07, 6.45) is 19.5. The number of phenolic OH excluding ortho intramolecular Hbond substituents is 2. The molecule has 2 bridgehead atoms. The molecule has 5 aliphatic rings. The van der Waals surface area contributed by atoms with Crippen molar-refractivity contribution in [1.29, 1.82) is 0 Å². The van der Waals surface area contributed by atoms with Gasteiger partial charge in [0.15, 0.2) is 0 Å². The van der Waals surface area contributed by atoms with Crippen molar-refractivity contribution < 1.29 is 10.2 Å². The molecule has 5 saturated carbocycles. The number of fused-ring (bicyclic) bond motifs is 5. The van der Waals surface area contributed by atoms with E-state index >= 15 is 0 Å². The first-order chi connectivity index (χ1) is 18.5. The van der Waals surface area contributed by atoms with E-state index in [1.54, 1.807) is 0 Å². The van der Waals surface area contributed by atoms with Crippen LogP contribution >= 0.6 is 0 Å². The molecule has 2 aromatic carbocycles. The highest BCUT2D eigenvalue weighted by Crippen LogP contribution is 2.69. The molecule has 0 aliphatic heterocycles. The Bertz CT molecular complexity index is 1120. The van der Waals surface area contributed by atoms with Gasteiger partial charge in [0.2, 0.25) is 0 Å². The molecule has 4 unspecified atom stereocenters. The molecule has 2 nitrogen and oxygen atoms in total. The van der Waals surface area contributed by atoms with Crippen molar-refractivity contribution in [2.45, 2.75) is 127 Å². The Balaban J connectivity index is 1.42. The van der Waals surface area contributed by atoms with Crippen LogP contribution in [-0.4, -0.2) is 10.2 Å². The van der Waals surface area contributed by atoms with Crippen LogP contribution in [0.3, 0.4) is 0 Å². The zero-order chi connectivity index (χ0) is 26.0. The van der Waals surface area contributed by atoms with Gasteiger partial charge in [-0.1, -0.05) is 57.1 Å². The standard InChI is InChI=1S/C36H48O2/c1-22-16-34(37)29(24-10-5-3-6-11-24)19-31(22)36(21-26-18-33(36)28-15-9-14-27(26)28)32-20-30(35(38)17-23(32)2)25-12-7-4-8-13-25/h16-17,19-20,24-28,33,37-38H,3-15,18,21H2,1-2H3. The highest BCUT2D eigenvalue weighted by molar-refractivity contribution is 5.57. The van der Waals surface area contributed by atoms with Crippen LogP contribution in [0.5, 0.6) is 11.5 Å². The number of hydrogen-bond acceptors (Lipinski definition) is 2. The van der Waals surface area contributed by atoms with E-state index in [0.29, 0.717) is 29.3 Å². The Morgan fingerprint density at radius 1 is 0.605 bits per heavy atom. The van der Waals surface area contributed by atoms with Crippen LogP contribution in [0.1, 0.15) is 142 Å². The van der Waals surface area contributed by atoms with Gasteiger partial charge in [-0.15, -0.1) is 0 Å². The molecule has 38 heavy (non-hydrogen) atoms. The van der Waals surface area contributed by atoms with Crippen molar-refractivity contribution in [3.8, 4) is 11.5 Å². The van der Waals surface area contributed by atoms with Crippen molar-refractivity contribution in [2.24, 2.45) is 23.7 Å². The van der Waals surface area contributed by atoms with Crippen molar-refractivity contribution in [3.05, 3.63) is 57.6 Å². The van der Waals surface area contributed by atoms with Crippen LogP contribution in [0, 0.1) is 37.5 Å². The Morgan fingerprint density at radius 3 is 1.63 bits per heavy atom. The summed E-state index contributed by atoms with van der Waals surface area (Å²) in [7, 11) is 0. The molecule has 2 N–H and O–H groups in total. The summed E-state index contributed by atoms with van der Waals surface area (Å²) in [5.74, 6) is 5.33. The van der Waals surface area contributed by atoms with E-state index < -0.39 is 0 Å². The van der Waals surface area contributed by atoms with E-state index in [4.69, 9.17) is 0 Å². The van der Waals surface area contributed by atoms with Gasteiger partial charge in [0.05, 0.1) is 0 Å². The van der Waals surface area contributed by atoms with E-state index in [9.17, 15) is 10.2 Å². The molecule has 4 atom stereocenters. The summed E-state index contributed by atoms with van der Waals surface area (Å²) >= 11 is 0. The van der Waals surface area contributed by atoms with Gasteiger partial charge >= 0.3 is 0 Å². The van der Waals surface area contributed by atoms with Crippen LogP contribution in [0.25, 0.3) is 0 Å². The SMILES string of the molecule is Cc1cc(O)c(C2CCCCC2)cc1C1(c2cc(C3CCCCC3)c(O)cc2C)CC2CC1C1CCCC21. The lowest BCUT2D eigenvalue weighted by molar-refractivity contribution is 0.180. The normalized spacial score (nSPS) is 31.1. The number of aromatic hydroxyl groups is 2. The topological polar surface area (TPSA) is 40.5 Å². The van der Waals surface area contributed by atoms with E-state index in [-0.39, 0.29) is 5.41 Å². The third-order valence-electron chi connectivity index (χ3n) is 12.3. The largest absolute Gasteiger partial charge is 0.508 e. The minimum Gasteiger partial charge on any atom is -0.508 e. The molecule has 0 saturated heterocycles. The van der Waals surface area contributed by atoms with Crippen LogP contribution in [0.2, 0.25) is 0 Å². The summed E-state index contributed by atoms with van der Waals surface area (Å²) in [5, 5.41) is 22.4. The van der Waals surface area contributed by atoms with Gasteiger partial charge in [0.25, 0.3) is 0 Å².